The molecular formula is C19H17N3O3. The molecule has 6 heteroatoms. The molecule has 3 atom stereocenters. The molecule has 3 unspecified atom stereocenters. The number of fused-ring (bicyclic) bond motifs is 1. The van der Waals surface area contributed by atoms with Crippen molar-refractivity contribution in [1.29, 1.82) is 0 Å². The third-order valence-electron chi connectivity index (χ3n) is 4.26. The lowest BCUT2D eigenvalue weighted by Crippen LogP contribution is -2.44. The second kappa shape index (κ2) is 6.32. The van der Waals surface area contributed by atoms with Crippen molar-refractivity contribution in [3.63, 3.8) is 0 Å². The van der Waals surface area contributed by atoms with Crippen LogP contribution in [-0.4, -0.2) is 34.7 Å². The second-order valence-electron chi connectivity index (χ2n) is 5.80. The van der Waals surface area contributed by atoms with Gasteiger partial charge in [-0.25, -0.2) is 5.01 Å². The summed E-state index contributed by atoms with van der Waals surface area (Å²) in [6.45, 7) is 0. The number of hydrogen-bond donors (Lipinski definition) is 1. The second-order valence-corrected chi connectivity index (χ2v) is 5.80. The van der Waals surface area contributed by atoms with E-state index in [-0.39, 0.29) is 0 Å². The lowest BCUT2D eigenvalue weighted by atomic mass is 10.1. The van der Waals surface area contributed by atoms with Crippen molar-refractivity contribution >= 4 is 17.9 Å². The van der Waals surface area contributed by atoms with E-state index in [0.29, 0.717) is 5.75 Å². The largest absolute Gasteiger partial charge is 0.481 e. The van der Waals surface area contributed by atoms with Gasteiger partial charge in [0.05, 0.1) is 5.69 Å². The Morgan fingerprint density at radius 2 is 1.72 bits per heavy atom. The number of carboxylic acid groups (broad SMARTS) is 1. The van der Waals surface area contributed by atoms with E-state index < -0.39 is 24.3 Å². The minimum atomic E-state index is -0.943. The average Bonchev–Trinajstić information content (AvgIpc) is 2.97. The van der Waals surface area contributed by atoms with Gasteiger partial charge in [0.15, 0.2) is 12.1 Å². The highest BCUT2D eigenvalue weighted by Gasteiger charge is 2.52. The molecule has 0 saturated carbocycles. The number of ether oxygens (including phenoxy) is 1. The Morgan fingerprint density at radius 1 is 1.04 bits per heavy atom. The van der Waals surface area contributed by atoms with E-state index in [1.54, 1.807) is 12.3 Å². The monoisotopic (exact) mass is 335 g/mol. The lowest BCUT2D eigenvalue weighted by Gasteiger charge is -2.34. The highest BCUT2D eigenvalue weighted by atomic mass is 16.5. The van der Waals surface area contributed by atoms with Gasteiger partial charge in [-0.05, 0) is 30.3 Å². The number of carboxylic acids is 1. The summed E-state index contributed by atoms with van der Waals surface area (Å²) >= 11 is 0. The third kappa shape index (κ3) is 2.71. The van der Waals surface area contributed by atoms with Crippen LogP contribution in [0.2, 0.25) is 0 Å². The molecule has 0 spiro atoms. The molecule has 2 aromatic carbocycles. The Morgan fingerprint density at radius 3 is 2.40 bits per heavy atom. The Bertz CT molecular complexity index is 807. The number of aliphatic carboxylic acids is 1. The van der Waals surface area contributed by atoms with Gasteiger partial charge < -0.3 is 9.84 Å². The third-order valence-corrected chi connectivity index (χ3v) is 4.26. The van der Waals surface area contributed by atoms with Crippen LogP contribution in [0.1, 0.15) is 0 Å². The maximum absolute atomic E-state index is 12.0. The van der Waals surface area contributed by atoms with E-state index in [0.717, 1.165) is 5.69 Å². The number of nitrogens with zero attached hydrogens (tertiary/aromatic N) is 3. The maximum Gasteiger partial charge on any atom is 0.316 e. The molecular weight excluding hydrogens is 318 g/mol. The van der Waals surface area contributed by atoms with E-state index in [2.05, 4.69) is 4.99 Å². The van der Waals surface area contributed by atoms with Crippen LogP contribution in [0.15, 0.2) is 77.9 Å². The molecule has 2 heterocycles. The summed E-state index contributed by atoms with van der Waals surface area (Å²) in [6, 6.07) is 18.8. The van der Waals surface area contributed by atoms with Crippen molar-refractivity contribution in [3.8, 4) is 5.75 Å². The Kier molecular flexibility index (Phi) is 3.85. The van der Waals surface area contributed by atoms with Gasteiger partial charge in [0.2, 0.25) is 6.23 Å². The normalized spacial score (nSPS) is 24.2. The van der Waals surface area contributed by atoms with Gasteiger partial charge in [-0.3, -0.25) is 14.8 Å². The molecule has 0 aliphatic carbocycles. The van der Waals surface area contributed by atoms with E-state index in [4.69, 9.17) is 4.74 Å². The van der Waals surface area contributed by atoms with Gasteiger partial charge in [0.1, 0.15) is 5.75 Å². The van der Waals surface area contributed by atoms with Crippen LogP contribution in [0.3, 0.4) is 0 Å². The number of hydrogen-bond acceptors (Lipinski definition) is 5. The Hall–Kier alpha value is -3.28. The highest BCUT2D eigenvalue weighted by Crippen LogP contribution is 2.38. The number of para-hydroxylation sites is 2. The highest BCUT2D eigenvalue weighted by molar-refractivity contribution is 5.77. The first-order valence-corrected chi connectivity index (χ1v) is 8.03. The molecule has 0 radical (unpaired) electrons. The summed E-state index contributed by atoms with van der Waals surface area (Å²) in [5.41, 5.74) is 0.846. The molecule has 1 saturated heterocycles. The average molecular weight is 335 g/mol. The predicted molar refractivity (Wildman–Crippen MR) is 94.2 cm³/mol. The predicted octanol–water partition coefficient (Wildman–Crippen LogP) is 2.75. The van der Waals surface area contributed by atoms with Crippen molar-refractivity contribution in [2.45, 2.75) is 12.4 Å². The molecule has 0 aromatic heterocycles. The fourth-order valence-corrected chi connectivity index (χ4v) is 3.18. The van der Waals surface area contributed by atoms with Crippen LogP contribution in [0, 0.1) is 5.92 Å². The van der Waals surface area contributed by atoms with Crippen molar-refractivity contribution in [2.24, 2.45) is 10.9 Å². The van der Waals surface area contributed by atoms with Crippen molar-refractivity contribution in [1.82, 2.24) is 5.01 Å². The van der Waals surface area contributed by atoms with Crippen molar-refractivity contribution in [3.05, 3.63) is 72.9 Å². The summed E-state index contributed by atoms with van der Waals surface area (Å²) in [5, 5.41) is 13.5. The molecule has 2 aromatic rings. The number of hydrazine groups is 1. The molecule has 1 N–H and O–H groups in total. The molecule has 0 amide bonds. The minimum absolute atomic E-state index is 0.545. The summed E-state index contributed by atoms with van der Waals surface area (Å²) in [6.07, 6.45) is 3.99. The molecule has 0 bridgehead atoms. The van der Waals surface area contributed by atoms with Gasteiger partial charge in [-0.1, -0.05) is 36.4 Å². The number of aliphatic imine (C=N–C) groups is 1. The first kappa shape index (κ1) is 15.3. The van der Waals surface area contributed by atoms with Gasteiger partial charge in [0, 0.05) is 12.4 Å². The Balaban J connectivity index is 1.78. The van der Waals surface area contributed by atoms with Crippen molar-refractivity contribution < 1.29 is 14.6 Å². The van der Waals surface area contributed by atoms with Gasteiger partial charge in [-0.2, -0.15) is 0 Å². The number of anilines is 1. The number of benzene rings is 2. The molecule has 25 heavy (non-hydrogen) atoms. The topological polar surface area (TPSA) is 65.4 Å². The fraction of sp³-hybridized carbons (Fsp3) is 0.158. The van der Waals surface area contributed by atoms with Gasteiger partial charge in [-0.15, -0.1) is 0 Å². The zero-order chi connectivity index (χ0) is 17.2. The molecule has 6 nitrogen and oxygen atoms in total. The Labute approximate surface area is 145 Å². The molecule has 2 aliphatic heterocycles. The molecule has 126 valence electrons. The standard InChI is InChI=1S/C19H17N3O3/c23-19(24)16-17-20-12-7-13-21(17)22(14-8-3-1-4-9-14)18(16)25-15-10-5-2-6-11-15/h1-13,16-18H,(H,23,24). The number of rotatable bonds is 4. The summed E-state index contributed by atoms with van der Waals surface area (Å²) in [7, 11) is 0. The first-order valence-electron chi connectivity index (χ1n) is 8.03. The van der Waals surface area contributed by atoms with Crippen LogP contribution in [0.25, 0.3) is 0 Å². The van der Waals surface area contributed by atoms with Gasteiger partial charge in [0.25, 0.3) is 0 Å². The van der Waals surface area contributed by atoms with Crippen LogP contribution in [-0.2, 0) is 4.79 Å². The fourth-order valence-electron chi connectivity index (χ4n) is 3.18. The molecule has 2 aliphatic rings. The van der Waals surface area contributed by atoms with Crippen LogP contribution < -0.4 is 9.75 Å². The number of carbonyl (C=O) groups is 1. The van der Waals surface area contributed by atoms with E-state index in [1.165, 1.54) is 0 Å². The first-order chi connectivity index (χ1) is 12.3. The SMILES string of the molecule is O=C(O)C1C2N=CC=CN2N(c2ccccc2)C1Oc1ccccc1. The number of allylic oxidation sites excluding steroid dienone is 1. The maximum atomic E-state index is 12.0. The van der Waals surface area contributed by atoms with E-state index in [1.807, 2.05) is 76.9 Å². The van der Waals surface area contributed by atoms with E-state index >= 15 is 0 Å². The van der Waals surface area contributed by atoms with E-state index in [9.17, 15) is 9.90 Å². The lowest BCUT2D eigenvalue weighted by molar-refractivity contribution is -0.144. The summed E-state index contributed by atoms with van der Waals surface area (Å²) < 4.78 is 6.10. The van der Waals surface area contributed by atoms with Crippen LogP contribution >= 0.6 is 0 Å². The van der Waals surface area contributed by atoms with Gasteiger partial charge >= 0.3 is 5.97 Å². The quantitative estimate of drug-likeness (QED) is 0.931. The van der Waals surface area contributed by atoms with Crippen LogP contribution in [0.5, 0.6) is 5.75 Å². The minimum Gasteiger partial charge on any atom is -0.481 e. The zero-order valence-corrected chi connectivity index (χ0v) is 13.3. The summed E-state index contributed by atoms with van der Waals surface area (Å²) in [4.78, 5) is 16.4. The molecule has 4 rings (SSSR count). The van der Waals surface area contributed by atoms with Crippen LogP contribution in [0.4, 0.5) is 5.69 Å². The zero-order valence-electron chi connectivity index (χ0n) is 13.3. The summed E-state index contributed by atoms with van der Waals surface area (Å²) in [5.74, 6) is -1.16. The smallest absolute Gasteiger partial charge is 0.316 e. The van der Waals surface area contributed by atoms with Crippen molar-refractivity contribution in [2.75, 3.05) is 5.01 Å². The molecule has 1 fully saturated rings.